The second-order valence-electron chi connectivity index (χ2n) is 4.65. The zero-order valence-electron chi connectivity index (χ0n) is 11.1. The molecule has 2 aromatic rings. The predicted molar refractivity (Wildman–Crippen MR) is 75.8 cm³/mol. The molecule has 0 aliphatic carbocycles. The van der Waals surface area contributed by atoms with Crippen LogP contribution in [0, 0.1) is 0 Å². The first kappa shape index (κ1) is 15.1. The first-order valence-electron chi connectivity index (χ1n) is 6.40. The lowest BCUT2D eigenvalue weighted by molar-refractivity contribution is -0.137. The summed E-state index contributed by atoms with van der Waals surface area (Å²) >= 11 is 1.70. The molecule has 0 amide bonds. The Morgan fingerprint density at radius 2 is 1.65 bits per heavy atom. The van der Waals surface area contributed by atoms with E-state index in [2.05, 4.69) is 13.0 Å². The van der Waals surface area contributed by atoms with Gasteiger partial charge >= 0.3 is 6.18 Å². The van der Waals surface area contributed by atoms with Gasteiger partial charge in [0.1, 0.15) is 0 Å². The van der Waals surface area contributed by atoms with E-state index in [0.29, 0.717) is 6.42 Å². The first-order valence-corrected chi connectivity index (χ1v) is 7.22. The molecule has 0 bridgehead atoms. The van der Waals surface area contributed by atoms with Crippen LogP contribution < -0.4 is 5.73 Å². The van der Waals surface area contributed by atoms with Gasteiger partial charge in [0, 0.05) is 22.2 Å². The third-order valence-electron chi connectivity index (χ3n) is 3.15. The molecule has 0 saturated heterocycles. The maximum Gasteiger partial charge on any atom is 0.416 e. The van der Waals surface area contributed by atoms with E-state index < -0.39 is 11.7 Å². The Kier molecular flexibility index (Phi) is 4.50. The molecule has 108 valence electrons. The van der Waals surface area contributed by atoms with Gasteiger partial charge in [-0.05, 0) is 36.2 Å². The average molecular weight is 299 g/mol. The van der Waals surface area contributed by atoms with E-state index in [1.807, 2.05) is 6.07 Å². The molecule has 20 heavy (non-hydrogen) atoms. The molecule has 0 spiro atoms. The zero-order chi connectivity index (χ0) is 14.8. The second kappa shape index (κ2) is 5.97. The third kappa shape index (κ3) is 3.61. The van der Waals surface area contributed by atoms with Gasteiger partial charge in [0.25, 0.3) is 0 Å². The van der Waals surface area contributed by atoms with Crippen molar-refractivity contribution in [1.82, 2.24) is 0 Å². The number of halogens is 3. The summed E-state index contributed by atoms with van der Waals surface area (Å²) in [6.45, 7) is 2.09. The van der Waals surface area contributed by atoms with Crippen LogP contribution in [-0.2, 0) is 19.0 Å². The number of hydrogen-bond donors (Lipinski definition) is 1. The topological polar surface area (TPSA) is 26.0 Å². The van der Waals surface area contributed by atoms with Crippen LogP contribution in [0.15, 0.2) is 36.4 Å². The van der Waals surface area contributed by atoms with Crippen LogP contribution in [0.25, 0.3) is 0 Å². The van der Waals surface area contributed by atoms with Crippen LogP contribution in [0.4, 0.5) is 13.2 Å². The summed E-state index contributed by atoms with van der Waals surface area (Å²) in [5.74, 6) is 0. The van der Waals surface area contributed by atoms with Crippen molar-refractivity contribution in [1.29, 1.82) is 0 Å². The van der Waals surface area contributed by atoms with Gasteiger partial charge in [-0.3, -0.25) is 0 Å². The van der Waals surface area contributed by atoms with E-state index in [1.54, 1.807) is 11.3 Å². The zero-order valence-corrected chi connectivity index (χ0v) is 11.9. The second-order valence-corrected chi connectivity index (χ2v) is 5.90. The van der Waals surface area contributed by atoms with Gasteiger partial charge < -0.3 is 5.73 Å². The third-order valence-corrected chi connectivity index (χ3v) is 4.40. The van der Waals surface area contributed by atoms with Crippen LogP contribution in [0.1, 0.15) is 33.8 Å². The minimum Gasteiger partial charge on any atom is -0.324 e. The summed E-state index contributed by atoms with van der Waals surface area (Å²) in [4.78, 5) is 2.45. The highest BCUT2D eigenvalue weighted by Gasteiger charge is 2.30. The normalized spacial score (nSPS) is 13.4. The number of aryl methyl sites for hydroxylation is 1. The van der Waals surface area contributed by atoms with Gasteiger partial charge in [0.05, 0.1) is 5.56 Å². The highest BCUT2D eigenvalue weighted by molar-refractivity contribution is 7.11. The Morgan fingerprint density at radius 3 is 2.15 bits per heavy atom. The molecule has 1 aromatic carbocycles. The van der Waals surface area contributed by atoms with Crippen LogP contribution in [0.3, 0.4) is 0 Å². The van der Waals surface area contributed by atoms with E-state index in [0.717, 1.165) is 29.0 Å². The maximum absolute atomic E-state index is 12.5. The Labute approximate surface area is 120 Å². The predicted octanol–water partition coefficient (Wildman–Crippen LogP) is 4.57. The fourth-order valence-electron chi connectivity index (χ4n) is 1.98. The standard InChI is InChI=1S/C15H16F3NS/c1-2-12-7-8-13(20-12)9-14(19)10-3-5-11(6-4-10)15(16,17)18/h3-8,14H,2,9,19H2,1H3. The van der Waals surface area contributed by atoms with Crippen molar-refractivity contribution in [3.05, 3.63) is 57.3 Å². The maximum atomic E-state index is 12.5. The van der Waals surface area contributed by atoms with Crippen LogP contribution in [-0.4, -0.2) is 0 Å². The highest BCUT2D eigenvalue weighted by Crippen LogP contribution is 2.30. The van der Waals surface area contributed by atoms with Gasteiger partial charge in [0.15, 0.2) is 0 Å². The lowest BCUT2D eigenvalue weighted by Crippen LogP contribution is -2.13. The molecule has 5 heteroatoms. The largest absolute Gasteiger partial charge is 0.416 e. The first-order chi connectivity index (χ1) is 9.40. The van der Waals surface area contributed by atoms with Crippen molar-refractivity contribution in [2.45, 2.75) is 32.0 Å². The molecule has 2 N–H and O–H groups in total. The molecule has 0 aliphatic rings. The van der Waals surface area contributed by atoms with Gasteiger partial charge in [-0.15, -0.1) is 11.3 Å². The molecule has 0 aliphatic heterocycles. The van der Waals surface area contributed by atoms with E-state index in [1.165, 1.54) is 17.0 Å². The van der Waals surface area contributed by atoms with Crippen molar-refractivity contribution in [3.63, 3.8) is 0 Å². The summed E-state index contributed by atoms with van der Waals surface area (Å²) in [6, 6.07) is 8.92. The molecule has 2 rings (SSSR count). The Hall–Kier alpha value is -1.33. The lowest BCUT2D eigenvalue weighted by atomic mass is 10.0. The van der Waals surface area contributed by atoms with Crippen LogP contribution in [0.5, 0.6) is 0 Å². The summed E-state index contributed by atoms with van der Waals surface area (Å²) in [6.07, 6.45) is -2.66. The fraction of sp³-hybridized carbons (Fsp3) is 0.333. The Bertz CT molecular complexity index is 557. The monoisotopic (exact) mass is 299 g/mol. The van der Waals surface area contributed by atoms with E-state index in [-0.39, 0.29) is 6.04 Å². The molecule has 0 radical (unpaired) electrons. The average Bonchev–Trinajstić information content (AvgIpc) is 2.85. The van der Waals surface area contributed by atoms with E-state index >= 15 is 0 Å². The summed E-state index contributed by atoms with van der Waals surface area (Å²) in [7, 11) is 0. The van der Waals surface area contributed by atoms with E-state index in [9.17, 15) is 13.2 Å². The molecule has 0 fully saturated rings. The van der Waals surface area contributed by atoms with Crippen LogP contribution >= 0.6 is 11.3 Å². The van der Waals surface area contributed by atoms with Gasteiger partial charge in [-0.2, -0.15) is 13.2 Å². The minimum absolute atomic E-state index is 0.277. The van der Waals surface area contributed by atoms with Crippen molar-refractivity contribution in [2.24, 2.45) is 5.73 Å². The van der Waals surface area contributed by atoms with Gasteiger partial charge in [-0.25, -0.2) is 0 Å². The number of thiophene rings is 1. The van der Waals surface area contributed by atoms with Crippen molar-refractivity contribution < 1.29 is 13.2 Å². The molecule has 1 aromatic heterocycles. The Balaban J connectivity index is 2.07. The molecule has 1 heterocycles. The molecular formula is C15H16F3NS. The molecule has 0 saturated carbocycles. The minimum atomic E-state index is -4.30. The SMILES string of the molecule is CCc1ccc(CC(N)c2ccc(C(F)(F)F)cc2)s1. The van der Waals surface area contributed by atoms with Crippen LogP contribution in [0.2, 0.25) is 0 Å². The molecule has 1 unspecified atom stereocenters. The van der Waals surface area contributed by atoms with E-state index in [4.69, 9.17) is 5.73 Å². The summed E-state index contributed by atoms with van der Waals surface area (Å²) < 4.78 is 37.4. The van der Waals surface area contributed by atoms with Gasteiger partial charge in [0.2, 0.25) is 0 Å². The Morgan fingerprint density at radius 1 is 1.05 bits per heavy atom. The molecule has 1 atom stereocenters. The number of nitrogens with two attached hydrogens (primary N) is 1. The van der Waals surface area contributed by atoms with Crippen molar-refractivity contribution >= 4 is 11.3 Å². The summed E-state index contributed by atoms with van der Waals surface area (Å²) in [5, 5.41) is 0. The number of benzene rings is 1. The molecule has 1 nitrogen and oxygen atoms in total. The smallest absolute Gasteiger partial charge is 0.324 e. The highest BCUT2D eigenvalue weighted by atomic mass is 32.1. The lowest BCUT2D eigenvalue weighted by Gasteiger charge is -2.12. The van der Waals surface area contributed by atoms with Crippen molar-refractivity contribution in [3.8, 4) is 0 Å². The van der Waals surface area contributed by atoms with Gasteiger partial charge in [-0.1, -0.05) is 19.1 Å². The number of alkyl halides is 3. The number of hydrogen-bond acceptors (Lipinski definition) is 2. The van der Waals surface area contributed by atoms with Crippen molar-refractivity contribution in [2.75, 3.05) is 0 Å². The molecular weight excluding hydrogens is 283 g/mol. The fourth-order valence-corrected chi connectivity index (χ4v) is 2.99. The quantitative estimate of drug-likeness (QED) is 0.879. The summed E-state index contributed by atoms with van der Waals surface area (Å²) in [5.41, 5.74) is 6.15. The number of rotatable bonds is 4.